The number of nitrogens with zero attached hydrogens (tertiary/aromatic N) is 1. The predicted molar refractivity (Wildman–Crippen MR) is 91.5 cm³/mol. The SMILES string of the molecule is CCN(CC(=O)NC(C)(C)C)C(=O)CCc1cccc(OC)c1. The van der Waals surface area contributed by atoms with E-state index >= 15 is 0 Å². The fraction of sp³-hybridized carbons (Fsp3) is 0.556. The first-order valence-corrected chi connectivity index (χ1v) is 7.97. The summed E-state index contributed by atoms with van der Waals surface area (Å²) in [5, 5.41) is 2.88. The highest BCUT2D eigenvalue weighted by molar-refractivity contribution is 5.85. The van der Waals surface area contributed by atoms with Crippen molar-refractivity contribution in [2.24, 2.45) is 0 Å². The Morgan fingerprint density at radius 2 is 1.96 bits per heavy atom. The van der Waals surface area contributed by atoms with Gasteiger partial charge in [-0.1, -0.05) is 12.1 Å². The van der Waals surface area contributed by atoms with Gasteiger partial charge in [-0.05, 0) is 51.8 Å². The third-order valence-electron chi connectivity index (χ3n) is 3.35. The van der Waals surface area contributed by atoms with Crippen molar-refractivity contribution in [1.29, 1.82) is 0 Å². The maximum atomic E-state index is 12.3. The Kier molecular flexibility index (Phi) is 7.07. The van der Waals surface area contributed by atoms with Crippen LogP contribution >= 0.6 is 0 Å². The fourth-order valence-corrected chi connectivity index (χ4v) is 2.24. The average Bonchev–Trinajstić information content (AvgIpc) is 2.48. The Morgan fingerprint density at radius 3 is 2.52 bits per heavy atom. The summed E-state index contributed by atoms with van der Waals surface area (Å²) in [5.41, 5.74) is 0.757. The second-order valence-corrected chi connectivity index (χ2v) is 6.56. The smallest absolute Gasteiger partial charge is 0.240 e. The van der Waals surface area contributed by atoms with Crippen molar-refractivity contribution in [3.05, 3.63) is 29.8 Å². The van der Waals surface area contributed by atoms with Gasteiger partial charge in [0.15, 0.2) is 0 Å². The molecule has 0 aliphatic heterocycles. The minimum atomic E-state index is -0.292. The molecule has 0 saturated heterocycles. The van der Waals surface area contributed by atoms with E-state index in [0.717, 1.165) is 11.3 Å². The summed E-state index contributed by atoms with van der Waals surface area (Å²) in [4.78, 5) is 25.9. The summed E-state index contributed by atoms with van der Waals surface area (Å²) in [6.45, 7) is 8.27. The zero-order valence-electron chi connectivity index (χ0n) is 14.8. The summed E-state index contributed by atoms with van der Waals surface area (Å²) >= 11 is 0. The number of amides is 2. The lowest BCUT2D eigenvalue weighted by Gasteiger charge is -2.25. The molecule has 1 aromatic carbocycles. The molecule has 0 atom stereocenters. The van der Waals surface area contributed by atoms with E-state index < -0.39 is 0 Å². The van der Waals surface area contributed by atoms with Gasteiger partial charge in [0, 0.05) is 18.5 Å². The number of benzene rings is 1. The number of methoxy groups -OCH3 is 1. The van der Waals surface area contributed by atoms with Gasteiger partial charge in [-0.25, -0.2) is 0 Å². The number of hydrogen-bond donors (Lipinski definition) is 1. The van der Waals surface area contributed by atoms with Gasteiger partial charge in [0.25, 0.3) is 0 Å². The van der Waals surface area contributed by atoms with Gasteiger partial charge in [0.1, 0.15) is 5.75 Å². The van der Waals surface area contributed by atoms with Gasteiger partial charge in [0.2, 0.25) is 11.8 Å². The molecular formula is C18H28N2O3. The van der Waals surface area contributed by atoms with Crippen LogP contribution in [0.3, 0.4) is 0 Å². The molecule has 0 heterocycles. The van der Waals surface area contributed by atoms with E-state index in [1.165, 1.54) is 0 Å². The van der Waals surface area contributed by atoms with E-state index in [1.54, 1.807) is 12.0 Å². The lowest BCUT2D eigenvalue weighted by atomic mass is 10.1. The summed E-state index contributed by atoms with van der Waals surface area (Å²) in [6.07, 6.45) is 1.01. The second kappa shape index (κ2) is 8.56. The van der Waals surface area contributed by atoms with Crippen LogP contribution in [0.4, 0.5) is 0 Å². The molecule has 23 heavy (non-hydrogen) atoms. The van der Waals surface area contributed by atoms with Crippen molar-refractivity contribution in [3.8, 4) is 5.75 Å². The Bertz CT molecular complexity index is 535. The zero-order chi connectivity index (χ0) is 17.5. The van der Waals surface area contributed by atoms with Crippen LogP contribution in [-0.4, -0.2) is 42.5 Å². The minimum Gasteiger partial charge on any atom is -0.497 e. The van der Waals surface area contributed by atoms with Crippen molar-refractivity contribution in [1.82, 2.24) is 10.2 Å². The molecule has 2 amide bonds. The third-order valence-corrected chi connectivity index (χ3v) is 3.35. The van der Waals surface area contributed by atoms with Crippen LogP contribution < -0.4 is 10.1 Å². The Labute approximate surface area is 139 Å². The van der Waals surface area contributed by atoms with Crippen LogP contribution in [0.2, 0.25) is 0 Å². The number of hydrogen-bond acceptors (Lipinski definition) is 3. The maximum Gasteiger partial charge on any atom is 0.240 e. The van der Waals surface area contributed by atoms with Crippen LogP contribution in [0.5, 0.6) is 5.75 Å². The topological polar surface area (TPSA) is 58.6 Å². The highest BCUT2D eigenvalue weighted by atomic mass is 16.5. The normalized spacial score (nSPS) is 11.0. The first-order chi connectivity index (χ1) is 10.7. The number of carbonyl (C=O) groups is 2. The Morgan fingerprint density at radius 1 is 1.26 bits per heavy atom. The van der Waals surface area contributed by atoms with E-state index in [-0.39, 0.29) is 23.9 Å². The molecule has 0 aliphatic rings. The minimum absolute atomic E-state index is 0.0145. The highest BCUT2D eigenvalue weighted by Gasteiger charge is 2.19. The van der Waals surface area contributed by atoms with Crippen molar-refractivity contribution in [3.63, 3.8) is 0 Å². The van der Waals surface area contributed by atoms with E-state index in [1.807, 2.05) is 52.0 Å². The lowest BCUT2D eigenvalue weighted by Crippen LogP contribution is -2.47. The Hall–Kier alpha value is -2.04. The standard InChI is InChI=1S/C18H28N2O3/c1-6-20(13-16(21)19-18(2,3)4)17(22)11-10-14-8-7-9-15(12-14)23-5/h7-9,12H,6,10-11,13H2,1-5H3,(H,19,21). The van der Waals surface area contributed by atoms with Gasteiger partial charge in [-0.3, -0.25) is 9.59 Å². The number of rotatable bonds is 7. The molecule has 1 aromatic rings. The maximum absolute atomic E-state index is 12.3. The molecule has 0 bridgehead atoms. The number of ether oxygens (including phenoxy) is 1. The molecule has 0 saturated carbocycles. The lowest BCUT2D eigenvalue weighted by molar-refractivity contribution is -0.136. The molecule has 5 nitrogen and oxygen atoms in total. The molecule has 1 N–H and O–H groups in total. The molecule has 0 aromatic heterocycles. The first kappa shape index (κ1) is 19.0. The largest absolute Gasteiger partial charge is 0.497 e. The number of aryl methyl sites for hydroxylation is 1. The van der Waals surface area contributed by atoms with Crippen molar-refractivity contribution in [2.75, 3.05) is 20.2 Å². The van der Waals surface area contributed by atoms with Crippen molar-refractivity contribution < 1.29 is 14.3 Å². The van der Waals surface area contributed by atoms with Gasteiger partial charge in [-0.2, -0.15) is 0 Å². The second-order valence-electron chi connectivity index (χ2n) is 6.56. The summed E-state index contributed by atoms with van der Waals surface area (Å²) < 4.78 is 5.18. The van der Waals surface area contributed by atoms with Gasteiger partial charge >= 0.3 is 0 Å². The predicted octanol–water partition coefficient (Wildman–Crippen LogP) is 2.39. The summed E-state index contributed by atoms with van der Waals surface area (Å²) in [5.74, 6) is 0.639. The molecule has 0 aliphatic carbocycles. The molecule has 1 rings (SSSR count). The van der Waals surface area contributed by atoms with Gasteiger partial charge in [-0.15, -0.1) is 0 Å². The third kappa shape index (κ3) is 7.17. The van der Waals surface area contributed by atoms with E-state index in [4.69, 9.17) is 4.74 Å². The summed E-state index contributed by atoms with van der Waals surface area (Å²) in [7, 11) is 1.62. The molecule has 0 radical (unpaired) electrons. The fourth-order valence-electron chi connectivity index (χ4n) is 2.24. The highest BCUT2D eigenvalue weighted by Crippen LogP contribution is 2.14. The zero-order valence-corrected chi connectivity index (χ0v) is 14.8. The van der Waals surface area contributed by atoms with Crippen LogP contribution in [-0.2, 0) is 16.0 Å². The molecular weight excluding hydrogens is 292 g/mol. The molecule has 0 unspecified atom stereocenters. The van der Waals surface area contributed by atoms with E-state index in [0.29, 0.717) is 19.4 Å². The van der Waals surface area contributed by atoms with E-state index in [9.17, 15) is 9.59 Å². The Balaban J connectivity index is 2.54. The molecule has 128 valence electrons. The van der Waals surface area contributed by atoms with Gasteiger partial charge in [0.05, 0.1) is 13.7 Å². The molecule has 0 fully saturated rings. The van der Waals surface area contributed by atoms with Crippen LogP contribution in [0, 0.1) is 0 Å². The number of carbonyl (C=O) groups excluding carboxylic acids is 2. The van der Waals surface area contributed by atoms with Crippen molar-refractivity contribution >= 4 is 11.8 Å². The average molecular weight is 320 g/mol. The number of likely N-dealkylation sites (N-methyl/N-ethyl adjacent to an activating group) is 1. The molecule has 5 heteroatoms. The van der Waals surface area contributed by atoms with Crippen LogP contribution in [0.25, 0.3) is 0 Å². The van der Waals surface area contributed by atoms with Crippen molar-refractivity contribution in [2.45, 2.75) is 46.1 Å². The van der Waals surface area contributed by atoms with E-state index in [2.05, 4.69) is 5.32 Å². The van der Waals surface area contributed by atoms with Gasteiger partial charge < -0.3 is 15.0 Å². The first-order valence-electron chi connectivity index (χ1n) is 7.97. The quantitative estimate of drug-likeness (QED) is 0.839. The van der Waals surface area contributed by atoms with Crippen LogP contribution in [0.1, 0.15) is 39.7 Å². The van der Waals surface area contributed by atoms with Crippen LogP contribution in [0.15, 0.2) is 24.3 Å². The monoisotopic (exact) mass is 320 g/mol. The summed E-state index contributed by atoms with van der Waals surface area (Å²) in [6, 6.07) is 7.68. The molecule has 0 spiro atoms. The number of nitrogens with one attached hydrogen (secondary N) is 1.